The Hall–Kier alpha value is -2.16. The Morgan fingerprint density at radius 1 is 1.43 bits per heavy atom. The highest BCUT2D eigenvalue weighted by Crippen LogP contribution is 2.10. The fourth-order valence-electron chi connectivity index (χ4n) is 1.82. The number of rotatable bonds is 4. The van der Waals surface area contributed by atoms with Gasteiger partial charge in [-0.1, -0.05) is 24.0 Å². The molecule has 1 aromatic heterocycles. The number of nitrogens with one attached hydrogen (secondary N) is 1. The van der Waals surface area contributed by atoms with Gasteiger partial charge in [0.15, 0.2) is 0 Å². The maximum absolute atomic E-state index is 12.2. The Kier molecular flexibility index (Phi) is 5.50. The molecule has 1 aromatic carbocycles. The first-order valence-electron chi connectivity index (χ1n) is 6.58. The molecule has 4 nitrogen and oxygen atoms in total. The van der Waals surface area contributed by atoms with E-state index in [0.29, 0.717) is 24.1 Å². The van der Waals surface area contributed by atoms with Gasteiger partial charge in [0.05, 0.1) is 10.6 Å². The minimum absolute atomic E-state index is 0.161. The van der Waals surface area contributed by atoms with Crippen LogP contribution in [0.2, 0.25) is 0 Å². The van der Waals surface area contributed by atoms with E-state index in [1.54, 1.807) is 29.5 Å². The van der Waals surface area contributed by atoms with Crippen molar-refractivity contribution < 1.29 is 9.90 Å². The first kappa shape index (κ1) is 15.2. The summed E-state index contributed by atoms with van der Waals surface area (Å²) >= 11 is 1.60. The van der Waals surface area contributed by atoms with E-state index in [-0.39, 0.29) is 12.5 Å². The van der Waals surface area contributed by atoms with E-state index in [2.05, 4.69) is 22.1 Å². The molecule has 5 heteroatoms. The van der Waals surface area contributed by atoms with E-state index < -0.39 is 0 Å². The van der Waals surface area contributed by atoms with Gasteiger partial charge in [-0.15, -0.1) is 11.3 Å². The monoisotopic (exact) mass is 300 g/mol. The van der Waals surface area contributed by atoms with Crippen LogP contribution in [0.25, 0.3) is 0 Å². The predicted octanol–water partition coefficient (Wildman–Crippen LogP) is 1.77. The zero-order valence-electron chi connectivity index (χ0n) is 11.7. The van der Waals surface area contributed by atoms with Crippen LogP contribution in [-0.2, 0) is 6.42 Å². The second-order valence-electron chi connectivity index (χ2n) is 4.39. The van der Waals surface area contributed by atoms with Crippen molar-refractivity contribution in [2.45, 2.75) is 13.3 Å². The van der Waals surface area contributed by atoms with Crippen LogP contribution < -0.4 is 5.32 Å². The van der Waals surface area contributed by atoms with E-state index in [1.807, 2.05) is 18.4 Å². The third kappa shape index (κ3) is 4.42. The highest BCUT2D eigenvalue weighted by atomic mass is 32.1. The minimum atomic E-state index is -0.223. The number of benzene rings is 1. The van der Waals surface area contributed by atoms with Crippen LogP contribution in [0.1, 0.15) is 26.6 Å². The summed E-state index contributed by atoms with van der Waals surface area (Å²) < 4.78 is 0. The van der Waals surface area contributed by atoms with Gasteiger partial charge in [0.1, 0.15) is 6.61 Å². The van der Waals surface area contributed by atoms with Crippen LogP contribution in [0.15, 0.2) is 29.6 Å². The summed E-state index contributed by atoms with van der Waals surface area (Å²) in [4.78, 5) is 16.5. The molecule has 0 aliphatic carbocycles. The van der Waals surface area contributed by atoms with Crippen LogP contribution in [0, 0.1) is 18.8 Å². The number of thiazole rings is 1. The molecule has 0 bridgehead atoms. The number of carbonyl (C=O) groups excluding carboxylic acids is 1. The third-order valence-electron chi connectivity index (χ3n) is 2.76. The average Bonchev–Trinajstić information content (AvgIpc) is 2.91. The molecule has 0 saturated heterocycles. The number of hydrogen-bond donors (Lipinski definition) is 2. The minimum Gasteiger partial charge on any atom is -0.384 e. The molecule has 2 rings (SSSR count). The quantitative estimate of drug-likeness (QED) is 0.846. The molecule has 21 heavy (non-hydrogen) atoms. The molecular formula is C16H16N2O2S. The Morgan fingerprint density at radius 3 is 2.95 bits per heavy atom. The molecule has 0 aliphatic heterocycles. The van der Waals surface area contributed by atoms with Crippen molar-refractivity contribution in [2.24, 2.45) is 0 Å². The fraction of sp³-hybridized carbons (Fsp3) is 0.250. The summed E-state index contributed by atoms with van der Waals surface area (Å²) in [5, 5.41) is 14.6. The number of aliphatic hydroxyl groups excluding tert-OH is 1. The van der Waals surface area contributed by atoms with Crippen LogP contribution in [0.3, 0.4) is 0 Å². The first-order valence-corrected chi connectivity index (χ1v) is 7.46. The zero-order valence-corrected chi connectivity index (χ0v) is 12.5. The number of hydrogen-bond acceptors (Lipinski definition) is 4. The second kappa shape index (κ2) is 7.58. The maximum atomic E-state index is 12.2. The third-order valence-corrected chi connectivity index (χ3v) is 3.79. The first-order chi connectivity index (χ1) is 10.2. The molecule has 0 radical (unpaired) electrons. The van der Waals surface area contributed by atoms with E-state index >= 15 is 0 Å². The van der Waals surface area contributed by atoms with Crippen LogP contribution in [0.4, 0.5) is 0 Å². The largest absolute Gasteiger partial charge is 0.384 e. The van der Waals surface area contributed by atoms with Gasteiger partial charge in [-0.2, -0.15) is 0 Å². The number of nitrogens with zero attached hydrogens (tertiary/aromatic N) is 1. The van der Waals surface area contributed by atoms with Crippen molar-refractivity contribution in [1.82, 2.24) is 10.3 Å². The molecule has 0 aliphatic rings. The fourth-order valence-corrected chi connectivity index (χ4v) is 2.60. The lowest BCUT2D eigenvalue weighted by atomic mass is 10.1. The smallest absolute Gasteiger partial charge is 0.252 e. The topological polar surface area (TPSA) is 62.2 Å². The molecule has 0 saturated carbocycles. The lowest BCUT2D eigenvalue weighted by molar-refractivity contribution is 0.0954. The highest BCUT2D eigenvalue weighted by molar-refractivity contribution is 7.09. The zero-order chi connectivity index (χ0) is 15.1. The lowest BCUT2D eigenvalue weighted by Gasteiger charge is -2.06. The predicted molar refractivity (Wildman–Crippen MR) is 83.3 cm³/mol. The number of aliphatic hydroxyl groups is 1. The summed E-state index contributed by atoms with van der Waals surface area (Å²) in [7, 11) is 0. The van der Waals surface area contributed by atoms with E-state index in [4.69, 9.17) is 5.11 Å². The molecule has 0 fully saturated rings. The van der Waals surface area contributed by atoms with Crippen LogP contribution in [-0.4, -0.2) is 29.1 Å². The van der Waals surface area contributed by atoms with Gasteiger partial charge in [-0.25, -0.2) is 4.98 Å². The SMILES string of the molecule is Cc1csc(CCNC(=O)c2ccccc2C#CCO)n1. The number of carbonyl (C=O) groups is 1. The molecular weight excluding hydrogens is 284 g/mol. The molecule has 0 atom stereocenters. The molecule has 2 aromatic rings. The summed E-state index contributed by atoms with van der Waals surface area (Å²) in [6.45, 7) is 2.27. The van der Waals surface area contributed by atoms with Crippen LogP contribution in [0.5, 0.6) is 0 Å². The summed E-state index contributed by atoms with van der Waals surface area (Å²) in [6.07, 6.45) is 0.717. The molecule has 0 unspecified atom stereocenters. The van der Waals surface area contributed by atoms with Crippen molar-refractivity contribution in [3.63, 3.8) is 0 Å². The van der Waals surface area contributed by atoms with Gasteiger partial charge in [0.25, 0.3) is 5.91 Å². The summed E-state index contributed by atoms with van der Waals surface area (Å²) in [5.41, 5.74) is 2.15. The van der Waals surface area contributed by atoms with E-state index in [0.717, 1.165) is 10.7 Å². The highest BCUT2D eigenvalue weighted by Gasteiger charge is 2.09. The van der Waals surface area contributed by atoms with E-state index in [1.165, 1.54) is 0 Å². The van der Waals surface area contributed by atoms with Crippen molar-refractivity contribution in [3.8, 4) is 11.8 Å². The van der Waals surface area contributed by atoms with Gasteiger partial charge < -0.3 is 10.4 Å². The molecule has 2 N–H and O–H groups in total. The van der Waals surface area contributed by atoms with Crippen molar-refractivity contribution in [2.75, 3.05) is 13.2 Å². The Labute approximate surface area is 127 Å². The summed E-state index contributed by atoms with van der Waals surface area (Å²) in [6, 6.07) is 7.10. The van der Waals surface area contributed by atoms with Gasteiger partial charge in [0, 0.05) is 29.6 Å². The Bertz CT molecular complexity index is 683. The van der Waals surface area contributed by atoms with E-state index in [9.17, 15) is 4.79 Å². The Balaban J connectivity index is 1.97. The maximum Gasteiger partial charge on any atom is 0.252 e. The average molecular weight is 300 g/mol. The molecule has 0 spiro atoms. The van der Waals surface area contributed by atoms with Gasteiger partial charge in [-0.3, -0.25) is 4.79 Å². The van der Waals surface area contributed by atoms with Gasteiger partial charge in [-0.05, 0) is 19.1 Å². The number of aromatic nitrogens is 1. The number of aryl methyl sites for hydroxylation is 1. The normalized spacial score (nSPS) is 9.81. The lowest BCUT2D eigenvalue weighted by Crippen LogP contribution is -2.26. The van der Waals surface area contributed by atoms with Gasteiger partial charge >= 0.3 is 0 Å². The number of amides is 1. The molecule has 1 amide bonds. The van der Waals surface area contributed by atoms with Crippen molar-refractivity contribution in [1.29, 1.82) is 0 Å². The standard InChI is InChI=1S/C16H16N2O2S/c1-12-11-21-15(18-12)8-9-17-16(20)14-7-3-2-5-13(14)6-4-10-19/h2-3,5,7,11,19H,8-10H2,1H3,(H,17,20). The molecule has 1 heterocycles. The van der Waals surface area contributed by atoms with Crippen molar-refractivity contribution in [3.05, 3.63) is 51.5 Å². The second-order valence-corrected chi connectivity index (χ2v) is 5.34. The summed E-state index contributed by atoms with van der Waals surface area (Å²) in [5.74, 6) is 5.18. The Morgan fingerprint density at radius 2 is 2.24 bits per heavy atom. The van der Waals surface area contributed by atoms with Gasteiger partial charge in [0.2, 0.25) is 0 Å². The van der Waals surface area contributed by atoms with Crippen molar-refractivity contribution >= 4 is 17.2 Å². The van der Waals surface area contributed by atoms with Crippen LogP contribution >= 0.6 is 11.3 Å². The molecule has 108 valence electrons.